The molecule has 0 amide bonds. The van der Waals surface area contributed by atoms with Gasteiger partial charge in [-0.1, -0.05) is 19.4 Å². The largest absolute Gasteiger partial charge is 0.486 e. The Bertz CT molecular complexity index is 777. The molecule has 2 heterocycles. The van der Waals surface area contributed by atoms with E-state index >= 15 is 0 Å². The molecule has 0 atom stereocenters. The van der Waals surface area contributed by atoms with Gasteiger partial charge in [-0.05, 0) is 37.5 Å². The average Bonchev–Trinajstić information content (AvgIpc) is 2.57. The highest BCUT2D eigenvalue weighted by Crippen LogP contribution is 2.42. The van der Waals surface area contributed by atoms with Gasteiger partial charge < -0.3 is 4.74 Å². The third-order valence-corrected chi connectivity index (χ3v) is 7.52. The SMILES string of the molecule is CCCCS(=O)(=O)N1CCC2(CC1)CC(=O)c1ccc(C)c(C)c1O2. The second kappa shape index (κ2) is 6.72. The molecular formula is C19H27NO4S. The van der Waals surface area contributed by atoms with Gasteiger partial charge in [0, 0.05) is 25.9 Å². The molecule has 138 valence electrons. The van der Waals surface area contributed by atoms with E-state index in [9.17, 15) is 13.2 Å². The number of ether oxygens (including phenoxy) is 1. The number of aryl methyl sites for hydroxylation is 1. The number of Topliss-reactive ketones (excluding diaryl/α,β-unsaturated/α-hetero) is 1. The molecule has 0 unspecified atom stereocenters. The van der Waals surface area contributed by atoms with Crippen LogP contribution < -0.4 is 4.74 Å². The number of nitrogens with zero attached hydrogens (tertiary/aromatic N) is 1. The van der Waals surface area contributed by atoms with Gasteiger partial charge in [-0.2, -0.15) is 0 Å². The molecule has 0 bridgehead atoms. The molecule has 0 N–H and O–H groups in total. The van der Waals surface area contributed by atoms with E-state index in [1.54, 1.807) is 4.31 Å². The second-order valence-electron chi connectivity index (χ2n) is 7.34. The minimum Gasteiger partial charge on any atom is -0.486 e. The van der Waals surface area contributed by atoms with Crippen LogP contribution in [-0.2, 0) is 10.0 Å². The van der Waals surface area contributed by atoms with Gasteiger partial charge in [-0.15, -0.1) is 0 Å². The Labute approximate surface area is 150 Å². The molecule has 0 aliphatic carbocycles. The van der Waals surface area contributed by atoms with Crippen molar-refractivity contribution in [1.29, 1.82) is 0 Å². The Balaban J connectivity index is 1.78. The molecule has 1 aromatic carbocycles. The van der Waals surface area contributed by atoms with Crippen LogP contribution in [-0.4, -0.2) is 42.9 Å². The lowest BCUT2D eigenvalue weighted by molar-refractivity contribution is 0.00533. The van der Waals surface area contributed by atoms with Crippen LogP contribution in [0.4, 0.5) is 0 Å². The zero-order chi connectivity index (χ0) is 18.2. The molecule has 0 saturated carbocycles. The summed E-state index contributed by atoms with van der Waals surface area (Å²) in [7, 11) is -3.20. The molecule has 3 rings (SSSR count). The van der Waals surface area contributed by atoms with E-state index in [1.165, 1.54) is 0 Å². The Kier molecular flexibility index (Phi) is 4.95. The van der Waals surface area contributed by atoms with Crippen molar-refractivity contribution in [2.45, 2.75) is 58.5 Å². The number of sulfonamides is 1. The first-order valence-electron chi connectivity index (χ1n) is 9.08. The number of carbonyl (C=O) groups excluding carboxylic acids is 1. The summed E-state index contributed by atoms with van der Waals surface area (Å²) in [6.07, 6.45) is 3.02. The third-order valence-electron chi connectivity index (χ3n) is 5.56. The number of unbranched alkanes of at least 4 members (excludes halogenated alkanes) is 1. The standard InChI is InChI=1S/C19H27NO4S/c1-4-5-12-25(22,23)20-10-8-19(9-11-20)13-17(21)16-7-6-14(2)15(3)18(16)24-19/h6-7H,4-5,8-13H2,1-3H3. The van der Waals surface area contributed by atoms with Crippen molar-refractivity contribution < 1.29 is 17.9 Å². The smallest absolute Gasteiger partial charge is 0.214 e. The molecule has 1 aromatic rings. The normalized spacial score (nSPS) is 20.4. The summed E-state index contributed by atoms with van der Waals surface area (Å²) >= 11 is 0. The number of piperidine rings is 1. The topological polar surface area (TPSA) is 63.7 Å². The molecule has 2 aliphatic heterocycles. The van der Waals surface area contributed by atoms with Crippen molar-refractivity contribution in [1.82, 2.24) is 4.31 Å². The maximum Gasteiger partial charge on any atom is 0.214 e. The Morgan fingerprint density at radius 1 is 1.20 bits per heavy atom. The van der Waals surface area contributed by atoms with Gasteiger partial charge >= 0.3 is 0 Å². The van der Waals surface area contributed by atoms with Crippen LogP contribution in [0.5, 0.6) is 5.75 Å². The number of hydrogen-bond acceptors (Lipinski definition) is 4. The van der Waals surface area contributed by atoms with E-state index < -0.39 is 15.6 Å². The van der Waals surface area contributed by atoms with Crippen LogP contribution in [0.25, 0.3) is 0 Å². The molecule has 5 nitrogen and oxygen atoms in total. The maximum atomic E-state index is 12.6. The van der Waals surface area contributed by atoms with E-state index in [0.717, 1.165) is 17.5 Å². The van der Waals surface area contributed by atoms with Gasteiger partial charge in [0.05, 0.1) is 17.7 Å². The molecule has 0 radical (unpaired) electrons. The highest BCUT2D eigenvalue weighted by molar-refractivity contribution is 7.89. The van der Waals surface area contributed by atoms with E-state index in [-0.39, 0.29) is 11.5 Å². The van der Waals surface area contributed by atoms with Crippen LogP contribution in [0, 0.1) is 13.8 Å². The fourth-order valence-electron chi connectivity index (χ4n) is 3.69. The summed E-state index contributed by atoms with van der Waals surface area (Å²) in [4.78, 5) is 12.6. The molecule has 25 heavy (non-hydrogen) atoms. The fourth-order valence-corrected chi connectivity index (χ4v) is 5.34. The number of hydrogen-bond donors (Lipinski definition) is 0. The maximum absolute atomic E-state index is 12.6. The van der Waals surface area contributed by atoms with Crippen LogP contribution in [0.3, 0.4) is 0 Å². The van der Waals surface area contributed by atoms with E-state index in [1.807, 2.05) is 32.9 Å². The van der Waals surface area contributed by atoms with Gasteiger partial charge in [0.1, 0.15) is 11.4 Å². The van der Waals surface area contributed by atoms with Crippen molar-refractivity contribution in [2.75, 3.05) is 18.8 Å². The van der Waals surface area contributed by atoms with Gasteiger partial charge in [0.25, 0.3) is 0 Å². The summed E-state index contributed by atoms with van der Waals surface area (Å²) in [6, 6.07) is 3.80. The van der Waals surface area contributed by atoms with Crippen molar-refractivity contribution in [3.63, 3.8) is 0 Å². The van der Waals surface area contributed by atoms with Crippen molar-refractivity contribution in [2.24, 2.45) is 0 Å². The molecule has 0 aromatic heterocycles. The minimum atomic E-state index is -3.20. The summed E-state index contributed by atoms with van der Waals surface area (Å²) in [5, 5.41) is 0. The van der Waals surface area contributed by atoms with Gasteiger partial charge in [0.2, 0.25) is 10.0 Å². The van der Waals surface area contributed by atoms with Crippen molar-refractivity contribution >= 4 is 15.8 Å². The summed E-state index contributed by atoms with van der Waals surface area (Å²) in [6.45, 7) is 6.83. The lowest BCUT2D eigenvalue weighted by atomic mass is 9.82. The number of carbonyl (C=O) groups is 1. The number of fused-ring (bicyclic) bond motifs is 1. The Morgan fingerprint density at radius 2 is 1.88 bits per heavy atom. The molecule has 6 heteroatoms. The summed E-state index contributed by atoms with van der Waals surface area (Å²) < 4.78 is 32.7. The zero-order valence-electron chi connectivity index (χ0n) is 15.3. The predicted octanol–water partition coefficient (Wildman–Crippen LogP) is 3.23. The average molecular weight is 365 g/mol. The van der Waals surface area contributed by atoms with E-state index in [2.05, 4.69) is 0 Å². The molecule has 2 aliphatic rings. The molecule has 1 fully saturated rings. The third kappa shape index (κ3) is 3.47. The molecule has 1 spiro atoms. The highest BCUT2D eigenvalue weighted by atomic mass is 32.2. The van der Waals surface area contributed by atoms with Crippen molar-refractivity contribution in [3.8, 4) is 5.75 Å². The summed E-state index contributed by atoms with van der Waals surface area (Å²) in [5.41, 5.74) is 2.21. The van der Waals surface area contributed by atoms with Gasteiger partial charge in [-0.25, -0.2) is 12.7 Å². The quantitative estimate of drug-likeness (QED) is 0.822. The monoisotopic (exact) mass is 365 g/mol. The van der Waals surface area contributed by atoms with Crippen LogP contribution >= 0.6 is 0 Å². The Morgan fingerprint density at radius 3 is 2.52 bits per heavy atom. The fraction of sp³-hybridized carbons (Fsp3) is 0.632. The van der Waals surface area contributed by atoms with Crippen molar-refractivity contribution in [3.05, 3.63) is 28.8 Å². The van der Waals surface area contributed by atoms with E-state index in [0.29, 0.717) is 50.1 Å². The molecular weight excluding hydrogens is 338 g/mol. The Hall–Kier alpha value is -1.40. The first kappa shape index (κ1) is 18.4. The van der Waals surface area contributed by atoms with E-state index in [4.69, 9.17) is 4.74 Å². The van der Waals surface area contributed by atoms with Crippen LogP contribution in [0.1, 0.15) is 60.5 Å². The van der Waals surface area contributed by atoms with Crippen LogP contribution in [0.2, 0.25) is 0 Å². The lowest BCUT2D eigenvalue weighted by Gasteiger charge is -2.44. The second-order valence-corrected chi connectivity index (χ2v) is 9.43. The van der Waals surface area contributed by atoms with Gasteiger partial charge in [0.15, 0.2) is 5.78 Å². The number of ketones is 1. The molecule has 1 saturated heterocycles. The number of benzene rings is 1. The number of rotatable bonds is 4. The highest BCUT2D eigenvalue weighted by Gasteiger charge is 2.45. The summed E-state index contributed by atoms with van der Waals surface area (Å²) in [5.74, 6) is 1.00. The van der Waals surface area contributed by atoms with Crippen LogP contribution in [0.15, 0.2) is 12.1 Å². The first-order chi connectivity index (χ1) is 11.8. The first-order valence-corrected chi connectivity index (χ1v) is 10.7. The predicted molar refractivity (Wildman–Crippen MR) is 97.7 cm³/mol. The zero-order valence-corrected chi connectivity index (χ0v) is 16.1. The minimum absolute atomic E-state index is 0.103. The lowest BCUT2D eigenvalue weighted by Crippen LogP contribution is -2.52. The van der Waals surface area contributed by atoms with Gasteiger partial charge in [-0.3, -0.25) is 4.79 Å².